The summed E-state index contributed by atoms with van der Waals surface area (Å²) in [5.74, 6) is -0.936. The molecule has 19 heavy (non-hydrogen) atoms. The summed E-state index contributed by atoms with van der Waals surface area (Å²) in [5, 5.41) is 13.8. The van der Waals surface area contributed by atoms with E-state index in [2.05, 4.69) is 12.1 Å². The summed E-state index contributed by atoms with van der Waals surface area (Å²) >= 11 is 6.29. The molecule has 0 amide bonds. The van der Waals surface area contributed by atoms with Crippen LogP contribution in [-0.2, 0) is 6.42 Å². The van der Waals surface area contributed by atoms with Crippen LogP contribution in [0.2, 0.25) is 5.02 Å². The normalized spacial score (nSPS) is 12.7. The second-order valence-corrected chi connectivity index (χ2v) is 5.25. The molecule has 92 valence electrons. The molecule has 3 aromatic carbocycles. The lowest BCUT2D eigenvalue weighted by atomic mass is 10.0. The quantitative estimate of drug-likeness (QED) is 0.524. The molecule has 1 aliphatic rings. The second kappa shape index (κ2) is 3.49. The van der Waals surface area contributed by atoms with Crippen LogP contribution in [0.25, 0.3) is 21.5 Å². The van der Waals surface area contributed by atoms with Crippen LogP contribution in [0.15, 0.2) is 36.4 Å². The SMILES string of the molecule is O=C(O)c1c2c(c3cc4ccccc4cc3c1Cl)C2. The molecule has 4 rings (SSSR count). The van der Waals surface area contributed by atoms with Crippen molar-refractivity contribution >= 4 is 39.1 Å². The van der Waals surface area contributed by atoms with Gasteiger partial charge >= 0.3 is 5.97 Å². The molecule has 0 spiro atoms. The van der Waals surface area contributed by atoms with Crippen LogP contribution in [0, 0.1) is 0 Å². The van der Waals surface area contributed by atoms with Crippen LogP contribution in [0.3, 0.4) is 0 Å². The Hall–Kier alpha value is -2.06. The Morgan fingerprint density at radius 1 is 1.05 bits per heavy atom. The smallest absolute Gasteiger partial charge is 0.337 e. The second-order valence-electron chi connectivity index (χ2n) is 4.87. The van der Waals surface area contributed by atoms with Gasteiger partial charge in [0, 0.05) is 5.39 Å². The Kier molecular flexibility index (Phi) is 1.99. The molecule has 1 aliphatic carbocycles. The fraction of sp³-hybridized carbons (Fsp3) is 0.0625. The minimum atomic E-state index is -0.936. The fourth-order valence-corrected chi connectivity index (χ4v) is 3.14. The van der Waals surface area contributed by atoms with Crippen LogP contribution in [0.1, 0.15) is 21.5 Å². The Morgan fingerprint density at radius 2 is 1.68 bits per heavy atom. The molecule has 0 radical (unpaired) electrons. The molecule has 0 bridgehead atoms. The van der Waals surface area contributed by atoms with E-state index in [-0.39, 0.29) is 5.56 Å². The number of carboxylic acid groups (broad SMARTS) is 1. The van der Waals surface area contributed by atoms with Crippen LogP contribution < -0.4 is 0 Å². The topological polar surface area (TPSA) is 37.3 Å². The summed E-state index contributed by atoms with van der Waals surface area (Å²) in [6.45, 7) is 0. The lowest BCUT2D eigenvalue weighted by Crippen LogP contribution is -1.98. The summed E-state index contributed by atoms with van der Waals surface area (Å²) in [7, 11) is 0. The van der Waals surface area contributed by atoms with Gasteiger partial charge in [-0.2, -0.15) is 0 Å². The minimum Gasteiger partial charge on any atom is -0.478 e. The van der Waals surface area contributed by atoms with E-state index in [1.165, 1.54) is 0 Å². The van der Waals surface area contributed by atoms with Crippen molar-refractivity contribution < 1.29 is 9.90 Å². The van der Waals surface area contributed by atoms with E-state index in [9.17, 15) is 9.90 Å². The van der Waals surface area contributed by atoms with E-state index in [1.807, 2.05) is 24.3 Å². The highest BCUT2D eigenvalue weighted by molar-refractivity contribution is 6.39. The molecule has 0 aliphatic heterocycles. The third-order valence-corrected chi connectivity index (χ3v) is 4.17. The first-order chi connectivity index (χ1) is 9.16. The standard InChI is InChI=1S/C16H9ClO2/c17-15-13-6-9-4-2-1-3-8(9)5-10(13)11-7-12(11)14(15)16(18)19/h1-6H,7H2,(H,18,19). The van der Waals surface area contributed by atoms with E-state index >= 15 is 0 Å². The van der Waals surface area contributed by atoms with Crippen molar-refractivity contribution in [3.8, 4) is 0 Å². The lowest BCUT2D eigenvalue weighted by molar-refractivity contribution is 0.0697. The summed E-state index contributed by atoms with van der Waals surface area (Å²) in [5.41, 5.74) is 2.29. The van der Waals surface area contributed by atoms with Gasteiger partial charge in [0.15, 0.2) is 0 Å². The van der Waals surface area contributed by atoms with E-state index < -0.39 is 5.97 Å². The van der Waals surface area contributed by atoms with Crippen molar-refractivity contribution in [3.05, 3.63) is 58.1 Å². The number of halogens is 1. The van der Waals surface area contributed by atoms with Gasteiger partial charge in [-0.3, -0.25) is 0 Å². The van der Waals surface area contributed by atoms with Gasteiger partial charge < -0.3 is 5.11 Å². The van der Waals surface area contributed by atoms with Crippen LogP contribution in [0.4, 0.5) is 0 Å². The van der Waals surface area contributed by atoms with Crippen LogP contribution in [-0.4, -0.2) is 11.1 Å². The predicted molar refractivity (Wildman–Crippen MR) is 76.2 cm³/mol. The van der Waals surface area contributed by atoms with Gasteiger partial charge in [0.2, 0.25) is 0 Å². The van der Waals surface area contributed by atoms with E-state index in [4.69, 9.17) is 11.6 Å². The summed E-state index contributed by atoms with van der Waals surface area (Å²) in [6.07, 6.45) is 0.739. The Labute approximate surface area is 114 Å². The van der Waals surface area contributed by atoms with Crippen molar-refractivity contribution in [2.45, 2.75) is 6.42 Å². The molecule has 0 fully saturated rings. The molecule has 0 aromatic heterocycles. The largest absolute Gasteiger partial charge is 0.478 e. The van der Waals surface area contributed by atoms with E-state index in [1.54, 1.807) is 0 Å². The van der Waals surface area contributed by atoms with Gasteiger partial charge in [-0.25, -0.2) is 4.79 Å². The first kappa shape index (κ1) is 10.8. The Bertz CT molecular complexity index is 881. The van der Waals surface area contributed by atoms with Gasteiger partial charge in [0.05, 0.1) is 10.6 Å². The molecule has 0 saturated heterocycles. The number of rotatable bonds is 1. The fourth-order valence-electron chi connectivity index (χ4n) is 2.79. The lowest BCUT2D eigenvalue weighted by Gasteiger charge is -2.06. The number of fused-ring (bicyclic) bond motifs is 4. The van der Waals surface area contributed by atoms with Crippen molar-refractivity contribution in [2.24, 2.45) is 0 Å². The van der Waals surface area contributed by atoms with E-state index in [0.717, 1.165) is 39.1 Å². The molecule has 2 nitrogen and oxygen atoms in total. The molecule has 3 heteroatoms. The maximum atomic E-state index is 11.3. The van der Waals surface area contributed by atoms with Gasteiger partial charge in [-0.05, 0) is 45.8 Å². The van der Waals surface area contributed by atoms with Crippen molar-refractivity contribution in [2.75, 3.05) is 0 Å². The van der Waals surface area contributed by atoms with Gasteiger partial charge in [-0.15, -0.1) is 0 Å². The molecule has 0 heterocycles. The zero-order valence-electron chi connectivity index (χ0n) is 9.90. The molecule has 0 saturated carbocycles. The van der Waals surface area contributed by atoms with Gasteiger partial charge in [0.1, 0.15) is 0 Å². The summed E-state index contributed by atoms with van der Waals surface area (Å²) < 4.78 is 0. The Balaban J connectivity index is 2.20. The molecule has 0 unspecified atom stereocenters. The maximum absolute atomic E-state index is 11.3. The number of carboxylic acids is 1. The van der Waals surface area contributed by atoms with Crippen LogP contribution >= 0.6 is 11.6 Å². The number of carbonyl (C=O) groups is 1. The zero-order chi connectivity index (χ0) is 13.1. The zero-order valence-corrected chi connectivity index (χ0v) is 10.7. The van der Waals surface area contributed by atoms with Crippen molar-refractivity contribution in [3.63, 3.8) is 0 Å². The molecule has 1 N–H and O–H groups in total. The number of aromatic carboxylic acids is 1. The average molecular weight is 269 g/mol. The van der Waals surface area contributed by atoms with Gasteiger partial charge in [0.25, 0.3) is 0 Å². The number of hydrogen-bond acceptors (Lipinski definition) is 1. The molecular formula is C16H9ClO2. The summed E-state index contributed by atoms with van der Waals surface area (Å²) in [4.78, 5) is 11.3. The summed E-state index contributed by atoms with van der Waals surface area (Å²) in [6, 6.07) is 12.1. The number of benzene rings is 3. The first-order valence-corrected chi connectivity index (χ1v) is 6.43. The number of hydrogen-bond donors (Lipinski definition) is 1. The third kappa shape index (κ3) is 1.41. The monoisotopic (exact) mass is 268 g/mol. The highest BCUT2D eigenvalue weighted by Crippen LogP contribution is 2.44. The van der Waals surface area contributed by atoms with Gasteiger partial charge in [-0.1, -0.05) is 35.9 Å². The van der Waals surface area contributed by atoms with Crippen molar-refractivity contribution in [1.29, 1.82) is 0 Å². The average Bonchev–Trinajstić information content (AvgIpc) is 3.17. The Morgan fingerprint density at radius 3 is 2.32 bits per heavy atom. The predicted octanol–water partition coefficient (Wildman–Crippen LogP) is 4.25. The molecule has 0 atom stereocenters. The third-order valence-electron chi connectivity index (χ3n) is 3.78. The highest BCUT2D eigenvalue weighted by atomic mass is 35.5. The minimum absolute atomic E-state index is 0.277. The highest BCUT2D eigenvalue weighted by Gasteiger charge is 2.31. The maximum Gasteiger partial charge on any atom is 0.337 e. The molecular weight excluding hydrogens is 260 g/mol. The van der Waals surface area contributed by atoms with E-state index in [0.29, 0.717) is 5.02 Å². The van der Waals surface area contributed by atoms with Crippen LogP contribution in [0.5, 0.6) is 0 Å². The molecule has 3 aromatic rings. The first-order valence-electron chi connectivity index (χ1n) is 6.06. The van der Waals surface area contributed by atoms with Crippen molar-refractivity contribution in [1.82, 2.24) is 0 Å².